The van der Waals surface area contributed by atoms with E-state index in [9.17, 15) is 17.6 Å². The first-order valence-corrected chi connectivity index (χ1v) is 8.34. The van der Waals surface area contributed by atoms with Gasteiger partial charge in [-0.15, -0.1) is 12.4 Å². The van der Waals surface area contributed by atoms with E-state index in [0.717, 1.165) is 25.3 Å². The fourth-order valence-electron chi connectivity index (χ4n) is 1.81. The van der Waals surface area contributed by atoms with E-state index >= 15 is 0 Å². The molecular formula is C14H22ClFN2O4S. The Labute approximate surface area is 142 Å². The number of hydrogen-bond donors (Lipinski definition) is 2. The summed E-state index contributed by atoms with van der Waals surface area (Å²) in [6.07, 6.45) is 1.14. The van der Waals surface area contributed by atoms with Gasteiger partial charge in [0.25, 0.3) is 0 Å². The van der Waals surface area contributed by atoms with Gasteiger partial charge < -0.3 is 10.5 Å². The number of methoxy groups -OCH3 is 1. The molecule has 0 radical (unpaired) electrons. The molecule has 1 aromatic carbocycles. The van der Waals surface area contributed by atoms with Crippen molar-refractivity contribution in [1.29, 1.82) is 0 Å². The topological polar surface area (TPSA) is 98.5 Å². The molecule has 6 nitrogen and oxygen atoms in total. The molecule has 0 aliphatic rings. The Morgan fingerprint density at radius 3 is 2.39 bits per heavy atom. The Balaban J connectivity index is 0.00000484. The van der Waals surface area contributed by atoms with Crippen molar-refractivity contribution < 1.29 is 22.3 Å². The summed E-state index contributed by atoms with van der Waals surface area (Å²) >= 11 is 0. The summed E-state index contributed by atoms with van der Waals surface area (Å²) < 4.78 is 45.0. The van der Waals surface area contributed by atoms with Crippen LogP contribution in [0.15, 0.2) is 23.1 Å². The van der Waals surface area contributed by atoms with Crippen LogP contribution in [-0.2, 0) is 14.8 Å². The van der Waals surface area contributed by atoms with Crippen molar-refractivity contribution >= 4 is 28.4 Å². The van der Waals surface area contributed by atoms with Crippen LogP contribution in [0, 0.1) is 5.82 Å². The molecule has 1 aromatic rings. The summed E-state index contributed by atoms with van der Waals surface area (Å²) in [7, 11) is -2.97. The molecule has 0 aliphatic carbocycles. The molecule has 0 amide bonds. The summed E-state index contributed by atoms with van der Waals surface area (Å²) in [4.78, 5) is 11.2. The van der Waals surface area contributed by atoms with E-state index < -0.39 is 32.2 Å². The molecular weight excluding hydrogens is 347 g/mol. The van der Waals surface area contributed by atoms with Crippen molar-refractivity contribution in [2.45, 2.75) is 37.1 Å². The zero-order valence-corrected chi connectivity index (χ0v) is 14.9. The van der Waals surface area contributed by atoms with Gasteiger partial charge in [0.15, 0.2) is 0 Å². The van der Waals surface area contributed by atoms with Crippen molar-refractivity contribution in [3.8, 4) is 0 Å². The fraction of sp³-hybridized carbons (Fsp3) is 0.500. The summed E-state index contributed by atoms with van der Waals surface area (Å²) in [6, 6.07) is 2.85. The molecule has 0 unspecified atom stereocenters. The zero-order chi connectivity index (χ0) is 17.0. The summed E-state index contributed by atoms with van der Waals surface area (Å²) in [5.41, 5.74) is 5.11. The lowest BCUT2D eigenvalue weighted by molar-refractivity contribution is 0.0596. The molecule has 132 valence electrons. The van der Waals surface area contributed by atoms with E-state index in [2.05, 4.69) is 9.46 Å². The third kappa shape index (κ3) is 5.42. The van der Waals surface area contributed by atoms with E-state index in [1.807, 2.05) is 13.8 Å². The van der Waals surface area contributed by atoms with Crippen molar-refractivity contribution in [2.24, 2.45) is 5.73 Å². The Morgan fingerprint density at radius 1 is 1.35 bits per heavy atom. The Morgan fingerprint density at radius 2 is 1.91 bits per heavy atom. The number of carbonyl (C=O) groups excluding carboxylic acids is 1. The first kappa shape index (κ1) is 21.8. The Kier molecular flexibility index (Phi) is 8.13. The third-order valence-corrected chi connectivity index (χ3v) is 5.10. The van der Waals surface area contributed by atoms with Crippen LogP contribution in [0.1, 0.15) is 37.0 Å². The number of benzene rings is 1. The quantitative estimate of drug-likeness (QED) is 0.715. The Hall–Kier alpha value is -1.22. The lowest BCUT2D eigenvalue weighted by Gasteiger charge is -2.26. The predicted octanol–water partition coefficient (Wildman–Crippen LogP) is 1.83. The summed E-state index contributed by atoms with van der Waals surface area (Å²) in [5, 5.41) is 0. The lowest BCUT2D eigenvalue weighted by atomic mass is 9.95. The van der Waals surface area contributed by atoms with E-state index in [1.54, 1.807) is 0 Å². The highest BCUT2D eigenvalue weighted by atomic mass is 35.5. The number of nitrogens with two attached hydrogens (primary N) is 1. The van der Waals surface area contributed by atoms with Crippen LogP contribution in [0.25, 0.3) is 0 Å². The number of halogens is 2. The van der Waals surface area contributed by atoms with Gasteiger partial charge in [-0.2, -0.15) is 0 Å². The number of ether oxygens (including phenoxy) is 1. The molecule has 0 aliphatic heterocycles. The Bertz CT molecular complexity index is 648. The molecule has 0 aromatic heterocycles. The second kappa shape index (κ2) is 8.58. The number of esters is 1. The van der Waals surface area contributed by atoms with Gasteiger partial charge in [0.1, 0.15) is 5.82 Å². The first-order valence-electron chi connectivity index (χ1n) is 6.85. The largest absolute Gasteiger partial charge is 0.465 e. The monoisotopic (exact) mass is 368 g/mol. The minimum absolute atomic E-state index is 0. The normalized spacial score (nSPS) is 11.7. The maximum absolute atomic E-state index is 13.4. The average Bonchev–Trinajstić information content (AvgIpc) is 2.52. The van der Waals surface area contributed by atoms with Crippen LogP contribution in [0.4, 0.5) is 4.39 Å². The van der Waals surface area contributed by atoms with E-state index in [-0.39, 0.29) is 24.5 Å². The van der Waals surface area contributed by atoms with Crippen molar-refractivity contribution in [1.82, 2.24) is 4.72 Å². The molecule has 0 fully saturated rings. The maximum atomic E-state index is 13.4. The van der Waals surface area contributed by atoms with Gasteiger partial charge in [-0.1, -0.05) is 13.8 Å². The second-order valence-corrected chi connectivity index (χ2v) is 6.76. The molecule has 0 atom stereocenters. The number of hydrogen-bond acceptors (Lipinski definition) is 5. The van der Waals surface area contributed by atoms with Crippen molar-refractivity contribution in [3.05, 3.63) is 29.6 Å². The molecule has 0 spiro atoms. The highest BCUT2D eigenvalue weighted by Gasteiger charge is 2.27. The number of nitrogens with one attached hydrogen (secondary N) is 1. The molecule has 3 N–H and O–H groups in total. The molecule has 9 heteroatoms. The van der Waals surface area contributed by atoms with Crippen LogP contribution in [0.2, 0.25) is 0 Å². The number of sulfonamides is 1. The van der Waals surface area contributed by atoms with Gasteiger partial charge in [0.2, 0.25) is 10.0 Å². The van der Waals surface area contributed by atoms with E-state index in [4.69, 9.17) is 5.73 Å². The van der Waals surface area contributed by atoms with E-state index in [1.165, 1.54) is 0 Å². The fourth-order valence-corrected chi connectivity index (χ4v) is 3.16. The molecule has 0 bridgehead atoms. The van der Waals surface area contributed by atoms with Crippen LogP contribution in [0.3, 0.4) is 0 Å². The molecule has 0 saturated carbocycles. The summed E-state index contributed by atoms with van der Waals surface area (Å²) in [6.45, 7) is 3.68. The van der Waals surface area contributed by atoms with Gasteiger partial charge >= 0.3 is 5.97 Å². The van der Waals surface area contributed by atoms with Crippen LogP contribution >= 0.6 is 12.4 Å². The van der Waals surface area contributed by atoms with E-state index in [0.29, 0.717) is 12.8 Å². The van der Waals surface area contributed by atoms with Gasteiger partial charge in [-0.3, -0.25) is 0 Å². The minimum atomic E-state index is -4.09. The average molecular weight is 369 g/mol. The second-order valence-electron chi connectivity index (χ2n) is 5.03. The molecule has 0 saturated heterocycles. The van der Waals surface area contributed by atoms with Gasteiger partial charge in [0.05, 0.1) is 17.6 Å². The number of carbonyl (C=O) groups is 1. The van der Waals surface area contributed by atoms with Gasteiger partial charge in [-0.25, -0.2) is 22.3 Å². The number of rotatable bonds is 7. The van der Waals surface area contributed by atoms with Crippen molar-refractivity contribution in [3.63, 3.8) is 0 Å². The zero-order valence-electron chi connectivity index (χ0n) is 13.3. The third-order valence-electron chi connectivity index (χ3n) is 3.66. The molecule has 23 heavy (non-hydrogen) atoms. The lowest BCUT2D eigenvalue weighted by Crippen LogP contribution is -2.49. The van der Waals surface area contributed by atoms with Gasteiger partial charge in [0, 0.05) is 12.1 Å². The van der Waals surface area contributed by atoms with Gasteiger partial charge in [-0.05, 0) is 31.0 Å². The maximum Gasteiger partial charge on any atom is 0.339 e. The minimum Gasteiger partial charge on any atom is -0.465 e. The summed E-state index contributed by atoms with van der Waals surface area (Å²) in [5.74, 6) is -1.62. The van der Waals surface area contributed by atoms with Crippen molar-refractivity contribution in [2.75, 3.05) is 13.7 Å². The van der Waals surface area contributed by atoms with Crippen LogP contribution in [-0.4, -0.2) is 33.6 Å². The molecule has 1 rings (SSSR count). The molecule has 0 heterocycles. The van der Waals surface area contributed by atoms with Crippen LogP contribution in [0.5, 0.6) is 0 Å². The van der Waals surface area contributed by atoms with Crippen LogP contribution < -0.4 is 10.5 Å². The smallest absolute Gasteiger partial charge is 0.339 e. The highest BCUT2D eigenvalue weighted by Crippen LogP contribution is 2.19. The predicted molar refractivity (Wildman–Crippen MR) is 87.7 cm³/mol. The highest BCUT2D eigenvalue weighted by molar-refractivity contribution is 7.89. The first-order chi connectivity index (χ1) is 10.2. The SMILES string of the molecule is CCC(N)(CC)CNS(=O)(=O)c1cc(F)ccc1C(=O)OC.Cl. The standard InChI is InChI=1S/C14H21FN2O4S.ClH/c1-4-14(16,5-2)9-17-22(19,20)12-8-10(15)6-7-11(12)13(18)21-3;/h6-8,17H,4-5,9,16H2,1-3H3;1H.